The molecule has 0 aromatic heterocycles. The fourth-order valence-corrected chi connectivity index (χ4v) is 5.16. The van der Waals surface area contributed by atoms with Crippen LogP contribution in [0, 0.1) is 5.92 Å². The number of hydrogen-bond acceptors (Lipinski definition) is 5. The van der Waals surface area contributed by atoms with E-state index < -0.39 is 19.9 Å². The maximum Gasteiger partial charge on any atom is 0.223 e. The first-order valence-electron chi connectivity index (χ1n) is 8.73. The summed E-state index contributed by atoms with van der Waals surface area (Å²) in [7, 11) is -6.51. The molecule has 1 N–H and O–H groups in total. The molecule has 1 saturated heterocycles. The molecule has 146 valence electrons. The van der Waals surface area contributed by atoms with Crippen LogP contribution in [0.5, 0.6) is 0 Å². The van der Waals surface area contributed by atoms with E-state index in [1.165, 1.54) is 4.31 Å². The van der Waals surface area contributed by atoms with Crippen molar-refractivity contribution in [3.8, 4) is 0 Å². The van der Waals surface area contributed by atoms with Gasteiger partial charge in [-0.05, 0) is 18.4 Å². The van der Waals surface area contributed by atoms with Crippen molar-refractivity contribution in [2.75, 3.05) is 31.1 Å². The van der Waals surface area contributed by atoms with Crippen molar-refractivity contribution in [3.63, 3.8) is 0 Å². The van der Waals surface area contributed by atoms with Crippen LogP contribution in [0.25, 0.3) is 0 Å². The number of rotatable bonds is 8. The van der Waals surface area contributed by atoms with E-state index in [0.29, 0.717) is 25.9 Å². The molecule has 1 fully saturated rings. The molecule has 2 rings (SSSR count). The van der Waals surface area contributed by atoms with Crippen LogP contribution in [0.3, 0.4) is 0 Å². The lowest BCUT2D eigenvalue weighted by Crippen LogP contribution is -2.44. The fourth-order valence-electron chi connectivity index (χ4n) is 2.89. The predicted molar refractivity (Wildman–Crippen MR) is 101 cm³/mol. The predicted octanol–water partition coefficient (Wildman–Crippen LogP) is 0.779. The third-order valence-corrected chi connectivity index (χ3v) is 8.12. The van der Waals surface area contributed by atoms with Gasteiger partial charge >= 0.3 is 0 Å². The Morgan fingerprint density at radius 3 is 2.31 bits per heavy atom. The van der Waals surface area contributed by atoms with Crippen LogP contribution in [0.4, 0.5) is 0 Å². The Morgan fingerprint density at radius 1 is 1.12 bits per heavy atom. The topological polar surface area (TPSA) is 101 Å². The van der Waals surface area contributed by atoms with E-state index >= 15 is 0 Å². The van der Waals surface area contributed by atoms with Crippen molar-refractivity contribution in [2.24, 2.45) is 5.92 Å². The zero-order chi connectivity index (χ0) is 19.2. The number of carbonyl (C=O) groups excluding carboxylic acids is 1. The zero-order valence-corrected chi connectivity index (χ0v) is 16.6. The first-order chi connectivity index (χ1) is 12.2. The van der Waals surface area contributed by atoms with Crippen molar-refractivity contribution < 1.29 is 21.6 Å². The highest BCUT2D eigenvalue weighted by atomic mass is 32.2. The Kier molecular flexibility index (Phi) is 7.19. The summed E-state index contributed by atoms with van der Waals surface area (Å²) in [5, 5.41) is 2.65. The van der Waals surface area contributed by atoms with Crippen molar-refractivity contribution in [2.45, 2.75) is 25.5 Å². The molecule has 0 bridgehead atoms. The van der Waals surface area contributed by atoms with Crippen LogP contribution in [-0.2, 0) is 30.4 Å². The normalized spacial score (nSPS) is 17.1. The summed E-state index contributed by atoms with van der Waals surface area (Å²) >= 11 is 0. The molecule has 0 spiro atoms. The molecule has 1 aliphatic heterocycles. The summed E-state index contributed by atoms with van der Waals surface area (Å²) in [6.45, 7) is 2.28. The molecular formula is C17H26N2O5S2. The van der Waals surface area contributed by atoms with Gasteiger partial charge in [-0.2, -0.15) is 0 Å². The Labute approximate surface area is 155 Å². The lowest BCUT2D eigenvalue weighted by Gasteiger charge is -2.30. The second-order valence-electron chi connectivity index (χ2n) is 6.44. The van der Waals surface area contributed by atoms with Gasteiger partial charge in [-0.25, -0.2) is 21.1 Å². The van der Waals surface area contributed by atoms with Crippen molar-refractivity contribution in [3.05, 3.63) is 35.9 Å². The molecule has 9 heteroatoms. The minimum absolute atomic E-state index is 0.0421. The van der Waals surface area contributed by atoms with Gasteiger partial charge in [0.1, 0.15) is 0 Å². The minimum atomic E-state index is -3.40. The summed E-state index contributed by atoms with van der Waals surface area (Å²) in [6.07, 6.45) is 0.890. The highest BCUT2D eigenvalue weighted by Crippen LogP contribution is 2.21. The van der Waals surface area contributed by atoms with Gasteiger partial charge in [0.05, 0.1) is 11.5 Å². The summed E-state index contributed by atoms with van der Waals surface area (Å²) in [4.78, 5) is 12.1. The van der Waals surface area contributed by atoms with Gasteiger partial charge in [-0.3, -0.25) is 4.79 Å². The Morgan fingerprint density at radius 2 is 1.73 bits per heavy atom. The van der Waals surface area contributed by atoms with Gasteiger partial charge < -0.3 is 5.32 Å². The number of benzene rings is 1. The third kappa shape index (κ3) is 6.07. The standard InChI is InChI=1S/C17H26N2O5S2/c1-2-25(21,22)13-10-18-17(20)16-8-11-19(12-9-16)26(23,24)14-15-6-4-3-5-7-15/h3-7,16H,2,8-14H2,1H3,(H,18,20). The first-order valence-corrected chi connectivity index (χ1v) is 12.2. The van der Waals surface area contributed by atoms with Crippen LogP contribution < -0.4 is 5.32 Å². The van der Waals surface area contributed by atoms with E-state index in [4.69, 9.17) is 0 Å². The van der Waals surface area contributed by atoms with Gasteiger partial charge in [-0.15, -0.1) is 0 Å². The Bertz CT molecular complexity index is 799. The Balaban J connectivity index is 1.81. The number of nitrogens with one attached hydrogen (secondary N) is 1. The van der Waals surface area contributed by atoms with Gasteiger partial charge in [0.2, 0.25) is 15.9 Å². The maximum absolute atomic E-state index is 12.5. The smallest absolute Gasteiger partial charge is 0.223 e. The lowest BCUT2D eigenvalue weighted by molar-refractivity contribution is -0.125. The van der Waals surface area contributed by atoms with Crippen molar-refractivity contribution in [1.29, 1.82) is 0 Å². The summed E-state index contributed by atoms with van der Waals surface area (Å²) < 4.78 is 49.3. The van der Waals surface area contributed by atoms with Crippen LogP contribution >= 0.6 is 0 Å². The van der Waals surface area contributed by atoms with Gasteiger partial charge in [0, 0.05) is 31.3 Å². The van der Waals surface area contributed by atoms with Crippen LogP contribution in [0.15, 0.2) is 30.3 Å². The fraction of sp³-hybridized carbons (Fsp3) is 0.588. The van der Waals surface area contributed by atoms with E-state index in [1.807, 2.05) is 6.07 Å². The maximum atomic E-state index is 12.5. The highest BCUT2D eigenvalue weighted by Gasteiger charge is 2.31. The molecular weight excluding hydrogens is 376 g/mol. The molecule has 0 saturated carbocycles. The number of carbonyl (C=O) groups is 1. The molecule has 7 nitrogen and oxygen atoms in total. The summed E-state index contributed by atoms with van der Waals surface area (Å²) in [5.41, 5.74) is 0.740. The molecule has 0 unspecified atom stereocenters. The number of amides is 1. The van der Waals surface area contributed by atoms with Crippen LogP contribution in [-0.4, -0.2) is 58.2 Å². The first kappa shape index (κ1) is 20.9. The van der Waals surface area contributed by atoms with Gasteiger partial charge in [0.25, 0.3) is 0 Å². The average molecular weight is 403 g/mol. The van der Waals surface area contributed by atoms with E-state index in [-0.39, 0.29) is 35.6 Å². The van der Waals surface area contributed by atoms with Crippen LogP contribution in [0.1, 0.15) is 25.3 Å². The third-order valence-electron chi connectivity index (χ3n) is 4.56. The SMILES string of the molecule is CCS(=O)(=O)CCNC(=O)C1CCN(S(=O)(=O)Cc2ccccc2)CC1. The Hall–Kier alpha value is -1.45. The molecule has 0 radical (unpaired) electrons. The molecule has 1 aromatic carbocycles. The molecule has 0 atom stereocenters. The summed E-state index contributed by atoms with van der Waals surface area (Å²) in [5.74, 6) is -0.529. The summed E-state index contributed by atoms with van der Waals surface area (Å²) in [6, 6.07) is 9.01. The van der Waals surface area contributed by atoms with E-state index in [0.717, 1.165) is 5.56 Å². The molecule has 1 heterocycles. The molecule has 26 heavy (non-hydrogen) atoms. The average Bonchev–Trinajstić information content (AvgIpc) is 2.62. The lowest BCUT2D eigenvalue weighted by atomic mass is 9.97. The number of sulfonamides is 1. The van der Waals surface area contributed by atoms with Crippen molar-refractivity contribution in [1.82, 2.24) is 9.62 Å². The largest absolute Gasteiger partial charge is 0.355 e. The molecule has 1 aliphatic rings. The van der Waals surface area contributed by atoms with Gasteiger partial charge in [-0.1, -0.05) is 37.3 Å². The van der Waals surface area contributed by atoms with E-state index in [1.54, 1.807) is 31.2 Å². The monoisotopic (exact) mass is 402 g/mol. The quantitative estimate of drug-likeness (QED) is 0.692. The zero-order valence-electron chi connectivity index (χ0n) is 14.9. The molecule has 1 aromatic rings. The second-order valence-corrected chi connectivity index (χ2v) is 10.9. The number of sulfone groups is 1. The molecule has 0 aliphatic carbocycles. The molecule has 1 amide bonds. The highest BCUT2D eigenvalue weighted by molar-refractivity contribution is 7.91. The van der Waals surface area contributed by atoms with Crippen molar-refractivity contribution >= 4 is 25.8 Å². The second kappa shape index (κ2) is 8.96. The number of nitrogens with zero attached hydrogens (tertiary/aromatic N) is 1. The minimum Gasteiger partial charge on any atom is -0.355 e. The van der Waals surface area contributed by atoms with E-state index in [2.05, 4.69) is 5.32 Å². The van der Waals surface area contributed by atoms with E-state index in [9.17, 15) is 21.6 Å². The number of hydrogen-bond donors (Lipinski definition) is 1. The van der Waals surface area contributed by atoms with Gasteiger partial charge in [0.15, 0.2) is 9.84 Å². The van der Waals surface area contributed by atoms with Crippen LogP contribution in [0.2, 0.25) is 0 Å². The number of piperidine rings is 1.